The number of alkyl halides is 1. The van der Waals surface area contributed by atoms with Crippen LogP contribution in [-0.2, 0) is 4.79 Å². The van der Waals surface area contributed by atoms with Gasteiger partial charge in [0.05, 0.1) is 6.42 Å². The van der Waals surface area contributed by atoms with Crippen molar-refractivity contribution in [3.05, 3.63) is 0 Å². The third-order valence-electron chi connectivity index (χ3n) is 2.11. The van der Waals surface area contributed by atoms with Crippen LogP contribution >= 0.6 is 0 Å². The zero-order chi connectivity index (χ0) is 8.97. The quantitative estimate of drug-likeness (QED) is 0.668. The van der Waals surface area contributed by atoms with Crippen LogP contribution in [0.2, 0.25) is 0 Å². The second-order valence-electron chi connectivity index (χ2n) is 3.13. The van der Waals surface area contributed by atoms with Gasteiger partial charge in [0.2, 0.25) is 5.91 Å². The number of nitrogens with two attached hydrogens (primary N) is 1. The van der Waals surface area contributed by atoms with E-state index in [2.05, 4.69) is 0 Å². The van der Waals surface area contributed by atoms with Crippen molar-refractivity contribution in [1.29, 1.82) is 0 Å². The molecule has 1 fully saturated rings. The normalized spacial score (nSPS) is 19.7. The van der Waals surface area contributed by atoms with E-state index in [-0.39, 0.29) is 18.9 Å². The molecule has 70 valence electrons. The summed E-state index contributed by atoms with van der Waals surface area (Å²) in [5.41, 5.74) is 5.07. The maximum Gasteiger partial charge on any atom is 0.225 e. The van der Waals surface area contributed by atoms with Crippen molar-refractivity contribution in [2.45, 2.75) is 25.4 Å². The molecule has 1 heterocycles. The maximum atomic E-state index is 12.7. The number of amides is 1. The van der Waals surface area contributed by atoms with Gasteiger partial charge in [-0.05, 0) is 12.8 Å². The number of carbonyl (C=O) groups excluding carboxylic acids is 1. The second kappa shape index (κ2) is 4.40. The molecule has 3 nitrogen and oxygen atoms in total. The molecule has 1 rings (SSSR count). The minimum atomic E-state index is -1.17. The maximum absolute atomic E-state index is 12.7. The van der Waals surface area contributed by atoms with Crippen molar-refractivity contribution in [2.24, 2.45) is 5.73 Å². The van der Waals surface area contributed by atoms with Gasteiger partial charge in [-0.3, -0.25) is 4.79 Å². The standard InChI is InChI=1S/C8H15FN2O/c9-7(6-10)5-8(12)11-3-1-2-4-11/h7H,1-6,10H2/t7-/m0/s1. The first kappa shape index (κ1) is 9.45. The largest absolute Gasteiger partial charge is 0.343 e. The molecule has 4 heteroatoms. The second-order valence-corrected chi connectivity index (χ2v) is 3.13. The molecule has 1 aliphatic heterocycles. The Morgan fingerprint density at radius 1 is 1.50 bits per heavy atom. The summed E-state index contributed by atoms with van der Waals surface area (Å²) in [4.78, 5) is 13.0. The lowest BCUT2D eigenvalue weighted by Crippen LogP contribution is -2.31. The van der Waals surface area contributed by atoms with E-state index in [9.17, 15) is 9.18 Å². The van der Waals surface area contributed by atoms with Crippen molar-refractivity contribution >= 4 is 5.91 Å². The number of likely N-dealkylation sites (tertiary alicyclic amines) is 1. The first-order valence-corrected chi connectivity index (χ1v) is 4.36. The van der Waals surface area contributed by atoms with E-state index >= 15 is 0 Å². The van der Waals surface area contributed by atoms with Crippen molar-refractivity contribution < 1.29 is 9.18 Å². The van der Waals surface area contributed by atoms with Gasteiger partial charge in [-0.15, -0.1) is 0 Å². The summed E-state index contributed by atoms with van der Waals surface area (Å²) in [5.74, 6) is -0.0922. The van der Waals surface area contributed by atoms with Crippen molar-refractivity contribution in [3.8, 4) is 0 Å². The minimum absolute atomic E-state index is 0.0451. The molecule has 0 radical (unpaired) electrons. The Morgan fingerprint density at radius 2 is 2.08 bits per heavy atom. The highest BCUT2D eigenvalue weighted by Crippen LogP contribution is 2.10. The van der Waals surface area contributed by atoms with Gasteiger partial charge in [-0.25, -0.2) is 4.39 Å². The van der Waals surface area contributed by atoms with E-state index in [1.165, 1.54) is 0 Å². The lowest BCUT2D eigenvalue weighted by molar-refractivity contribution is -0.131. The van der Waals surface area contributed by atoms with E-state index in [0.29, 0.717) is 0 Å². The van der Waals surface area contributed by atoms with Crippen LogP contribution in [0.4, 0.5) is 4.39 Å². The van der Waals surface area contributed by atoms with Gasteiger partial charge >= 0.3 is 0 Å². The zero-order valence-corrected chi connectivity index (χ0v) is 7.13. The van der Waals surface area contributed by atoms with Crippen LogP contribution in [0.1, 0.15) is 19.3 Å². The minimum Gasteiger partial charge on any atom is -0.343 e. The number of nitrogens with zero attached hydrogens (tertiary/aromatic N) is 1. The molecule has 12 heavy (non-hydrogen) atoms. The monoisotopic (exact) mass is 174 g/mol. The van der Waals surface area contributed by atoms with E-state index in [1.54, 1.807) is 4.90 Å². The highest BCUT2D eigenvalue weighted by atomic mass is 19.1. The van der Waals surface area contributed by atoms with Crippen LogP contribution in [-0.4, -0.2) is 36.6 Å². The number of rotatable bonds is 3. The Hall–Kier alpha value is -0.640. The molecule has 0 spiro atoms. The van der Waals surface area contributed by atoms with Crippen LogP contribution in [0.3, 0.4) is 0 Å². The molecule has 1 saturated heterocycles. The fourth-order valence-corrected chi connectivity index (χ4v) is 1.37. The average Bonchev–Trinajstić information content (AvgIpc) is 2.56. The molecule has 1 atom stereocenters. The van der Waals surface area contributed by atoms with Crippen molar-refractivity contribution in [3.63, 3.8) is 0 Å². The third kappa shape index (κ3) is 2.44. The van der Waals surface area contributed by atoms with Crippen LogP contribution in [0.25, 0.3) is 0 Å². The zero-order valence-electron chi connectivity index (χ0n) is 7.13. The van der Waals surface area contributed by atoms with Gasteiger partial charge in [-0.1, -0.05) is 0 Å². The predicted molar refractivity (Wildman–Crippen MR) is 44.4 cm³/mol. The van der Waals surface area contributed by atoms with Gasteiger partial charge < -0.3 is 10.6 Å². The van der Waals surface area contributed by atoms with E-state index in [4.69, 9.17) is 5.73 Å². The van der Waals surface area contributed by atoms with Gasteiger partial charge in [0.25, 0.3) is 0 Å². The SMILES string of the molecule is NC[C@@H](F)CC(=O)N1CCCC1. The van der Waals surface area contributed by atoms with Crippen molar-refractivity contribution in [1.82, 2.24) is 4.90 Å². The number of hydrogen-bond acceptors (Lipinski definition) is 2. The molecule has 1 amide bonds. The number of halogens is 1. The fourth-order valence-electron chi connectivity index (χ4n) is 1.37. The smallest absolute Gasteiger partial charge is 0.225 e. The lowest BCUT2D eigenvalue weighted by Gasteiger charge is -2.15. The Balaban J connectivity index is 2.27. The van der Waals surface area contributed by atoms with Crippen LogP contribution in [0.5, 0.6) is 0 Å². The first-order valence-electron chi connectivity index (χ1n) is 4.36. The molecule has 0 saturated carbocycles. The molecular weight excluding hydrogens is 159 g/mol. The Bertz CT molecular complexity index is 157. The summed E-state index contributed by atoms with van der Waals surface area (Å²) in [6.45, 7) is 1.52. The van der Waals surface area contributed by atoms with Gasteiger partial charge in [-0.2, -0.15) is 0 Å². The summed E-state index contributed by atoms with van der Waals surface area (Å²) < 4.78 is 12.7. The third-order valence-corrected chi connectivity index (χ3v) is 2.11. The molecule has 2 N–H and O–H groups in total. The average molecular weight is 174 g/mol. The molecule has 0 aromatic heterocycles. The lowest BCUT2D eigenvalue weighted by atomic mass is 10.2. The molecule has 0 aliphatic carbocycles. The predicted octanol–water partition coefficient (Wildman–Crippen LogP) is 0.296. The summed E-state index contributed by atoms with van der Waals surface area (Å²) in [7, 11) is 0. The van der Waals surface area contributed by atoms with Gasteiger partial charge in [0.15, 0.2) is 0 Å². The van der Waals surface area contributed by atoms with E-state index in [1.807, 2.05) is 0 Å². The number of carbonyl (C=O) groups is 1. The van der Waals surface area contributed by atoms with Crippen molar-refractivity contribution in [2.75, 3.05) is 19.6 Å². The molecule has 0 bridgehead atoms. The van der Waals surface area contributed by atoms with Crippen LogP contribution in [0, 0.1) is 0 Å². The Morgan fingerprint density at radius 3 is 2.58 bits per heavy atom. The fraction of sp³-hybridized carbons (Fsp3) is 0.875. The van der Waals surface area contributed by atoms with Crippen LogP contribution < -0.4 is 5.73 Å². The molecule has 0 aromatic rings. The van der Waals surface area contributed by atoms with E-state index < -0.39 is 6.17 Å². The highest BCUT2D eigenvalue weighted by molar-refractivity contribution is 5.76. The van der Waals surface area contributed by atoms with Crippen LogP contribution in [0.15, 0.2) is 0 Å². The molecular formula is C8H15FN2O. The summed E-state index contributed by atoms with van der Waals surface area (Å²) in [6.07, 6.45) is 0.880. The Kier molecular flexibility index (Phi) is 3.47. The summed E-state index contributed by atoms with van der Waals surface area (Å²) in [6, 6.07) is 0. The Labute approximate surface area is 71.7 Å². The van der Waals surface area contributed by atoms with Gasteiger partial charge in [0.1, 0.15) is 6.17 Å². The molecule has 0 unspecified atom stereocenters. The van der Waals surface area contributed by atoms with E-state index in [0.717, 1.165) is 25.9 Å². The van der Waals surface area contributed by atoms with Gasteiger partial charge in [0, 0.05) is 19.6 Å². The topological polar surface area (TPSA) is 46.3 Å². The first-order chi connectivity index (χ1) is 5.74. The number of hydrogen-bond donors (Lipinski definition) is 1. The molecule has 0 aromatic carbocycles. The summed E-state index contributed by atoms with van der Waals surface area (Å²) in [5, 5.41) is 0. The molecule has 1 aliphatic rings. The summed E-state index contributed by atoms with van der Waals surface area (Å²) >= 11 is 0. The highest BCUT2D eigenvalue weighted by Gasteiger charge is 2.20.